The Labute approximate surface area is 308 Å². The average Bonchev–Trinajstić information content (AvgIpc) is 3.77. The van der Waals surface area contributed by atoms with Crippen molar-refractivity contribution < 1.29 is 23.5 Å². The molecule has 1 aromatic heterocycles. The molecule has 0 unspecified atom stereocenters. The number of anilines is 1. The van der Waals surface area contributed by atoms with Gasteiger partial charge in [0.2, 0.25) is 0 Å². The van der Waals surface area contributed by atoms with Crippen molar-refractivity contribution in [3.05, 3.63) is 83.2 Å². The van der Waals surface area contributed by atoms with Gasteiger partial charge in [0.1, 0.15) is 23.3 Å². The lowest BCUT2D eigenvalue weighted by Crippen LogP contribution is -2.55. The quantitative estimate of drug-likeness (QED) is 0.180. The maximum atomic E-state index is 15.2. The van der Waals surface area contributed by atoms with Crippen molar-refractivity contribution in [3.8, 4) is 6.07 Å². The van der Waals surface area contributed by atoms with Crippen molar-refractivity contribution in [2.24, 2.45) is 17.8 Å². The number of imidazole rings is 1. The van der Waals surface area contributed by atoms with Crippen molar-refractivity contribution in [1.29, 1.82) is 5.26 Å². The van der Waals surface area contributed by atoms with Crippen LogP contribution in [-0.4, -0.2) is 70.8 Å². The van der Waals surface area contributed by atoms with E-state index in [1.165, 1.54) is 6.07 Å². The Balaban J connectivity index is 1.21. The Kier molecular flexibility index (Phi) is 11.4. The number of hydrogen-bond donors (Lipinski definition) is 0. The summed E-state index contributed by atoms with van der Waals surface area (Å²) in [6, 6.07) is 14.6. The van der Waals surface area contributed by atoms with Crippen LogP contribution in [0, 0.1) is 34.9 Å². The number of benzene rings is 2. The SMILES string of the molecule is CCC(=O)O[C@H]1CCC[C@@H]1[C@](Cn1ccnc1CC)(c1cccc(F)c1)C1CCN(CC2CN(c3ccc(C#N)cc3C(=O)OC(C)(C)C)C2)CC1. The molecule has 9 nitrogen and oxygen atoms in total. The Hall–Kier alpha value is -4.23. The number of halogens is 1. The fraction of sp³-hybridized carbons (Fsp3) is 0.571. The summed E-state index contributed by atoms with van der Waals surface area (Å²) < 4.78 is 29.3. The van der Waals surface area contributed by atoms with Crippen LogP contribution in [0.2, 0.25) is 0 Å². The second kappa shape index (κ2) is 15.8. The second-order valence-corrected chi connectivity index (χ2v) is 16.0. The largest absolute Gasteiger partial charge is 0.462 e. The summed E-state index contributed by atoms with van der Waals surface area (Å²) in [6.45, 7) is 14.6. The number of nitrogens with zero attached hydrogens (tertiary/aromatic N) is 5. The average molecular weight is 712 g/mol. The molecule has 3 aromatic rings. The van der Waals surface area contributed by atoms with E-state index in [1.54, 1.807) is 18.2 Å². The molecule has 52 heavy (non-hydrogen) atoms. The van der Waals surface area contributed by atoms with E-state index in [0.717, 1.165) is 88.3 Å². The first-order chi connectivity index (χ1) is 24.9. The van der Waals surface area contributed by atoms with Crippen LogP contribution in [0.1, 0.15) is 100 Å². The molecule has 0 amide bonds. The zero-order chi connectivity index (χ0) is 37.0. The Morgan fingerprint density at radius 1 is 1.04 bits per heavy atom. The molecule has 0 N–H and O–H groups in total. The molecule has 10 heteroatoms. The van der Waals surface area contributed by atoms with Crippen LogP contribution in [0.3, 0.4) is 0 Å². The van der Waals surface area contributed by atoms with Crippen LogP contribution in [0.15, 0.2) is 54.9 Å². The van der Waals surface area contributed by atoms with Gasteiger partial charge in [-0.25, -0.2) is 14.2 Å². The van der Waals surface area contributed by atoms with Crippen LogP contribution in [0.25, 0.3) is 0 Å². The summed E-state index contributed by atoms with van der Waals surface area (Å²) in [5.74, 6) is 0.916. The minimum Gasteiger partial charge on any atom is -0.462 e. The zero-order valence-electron chi connectivity index (χ0n) is 31.4. The molecule has 3 heterocycles. The molecular formula is C42H54FN5O4. The molecule has 2 aromatic carbocycles. The number of rotatable bonds is 12. The highest BCUT2D eigenvalue weighted by molar-refractivity contribution is 5.96. The molecule has 0 spiro atoms. The number of carbonyl (C=O) groups excluding carboxylic acids is 2. The molecule has 278 valence electrons. The van der Waals surface area contributed by atoms with Crippen LogP contribution in [0.5, 0.6) is 0 Å². The Morgan fingerprint density at radius 3 is 2.48 bits per heavy atom. The third-order valence-corrected chi connectivity index (χ3v) is 11.5. The highest BCUT2D eigenvalue weighted by Gasteiger charge is 2.53. The molecule has 3 aliphatic rings. The molecule has 0 radical (unpaired) electrons. The van der Waals surface area contributed by atoms with Crippen LogP contribution in [0.4, 0.5) is 10.1 Å². The van der Waals surface area contributed by atoms with Gasteiger partial charge in [-0.1, -0.05) is 26.0 Å². The van der Waals surface area contributed by atoms with Crippen LogP contribution < -0.4 is 4.90 Å². The first-order valence-corrected chi connectivity index (χ1v) is 19.1. The molecule has 3 atom stereocenters. The van der Waals surface area contributed by atoms with E-state index in [1.807, 2.05) is 46.0 Å². The number of carbonyl (C=O) groups is 2. The highest BCUT2D eigenvalue weighted by atomic mass is 19.1. The molecule has 0 bridgehead atoms. The van der Waals surface area contributed by atoms with Crippen LogP contribution in [-0.2, 0) is 32.6 Å². The van der Waals surface area contributed by atoms with Gasteiger partial charge in [0.05, 0.1) is 22.9 Å². The summed E-state index contributed by atoms with van der Waals surface area (Å²) in [5.41, 5.74) is 1.58. The summed E-state index contributed by atoms with van der Waals surface area (Å²) >= 11 is 0. The molecule has 1 saturated carbocycles. The van der Waals surface area contributed by atoms with E-state index in [-0.39, 0.29) is 29.7 Å². The number of nitriles is 1. The van der Waals surface area contributed by atoms with E-state index >= 15 is 4.39 Å². The first kappa shape index (κ1) is 37.5. The van der Waals surface area contributed by atoms with Gasteiger partial charge in [0.15, 0.2) is 0 Å². The second-order valence-electron chi connectivity index (χ2n) is 16.0. The number of hydrogen-bond acceptors (Lipinski definition) is 8. The molecule has 2 saturated heterocycles. The third kappa shape index (κ3) is 8.05. The van der Waals surface area contributed by atoms with Gasteiger partial charge in [-0.3, -0.25) is 4.79 Å². The van der Waals surface area contributed by atoms with Gasteiger partial charge < -0.3 is 23.8 Å². The van der Waals surface area contributed by atoms with Crippen molar-refractivity contribution in [2.45, 2.75) is 103 Å². The van der Waals surface area contributed by atoms with Gasteiger partial charge in [-0.15, -0.1) is 0 Å². The number of aromatic nitrogens is 2. The van der Waals surface area contributed by atoms with Crippen molar-refractivity contribution >= 4 is 17.6 Å². The van der Waals surface area contributed by atoms with Crippen molar-refractivity contribution in [2.75, 3.05) is 37.6 Å². The van der Waals surface area contributed by atoms with E-state index < -0.39 is 17.0 Å². The van der Waals surface area contributed by atoms with Gasteiger partial charge in [0.25, 0.3) is 0 Å². The Morgan fingerprint density at radius 2 is 1.81 bits per heavy atom. The fourth-order valence-electron chi connectivity index (χ4n) is 9.11. The smallest absolute Gasteiger partial charge is 0.340 e. The van der Waals surface area contributed by atoms with E-state index in [0.29, 0.717) is 30.0 Å². The maximum Gasteiger partial charge on any atom is 0.340 e. The minimum absolute atomic E-state index is 0.0558. The summed E-state index contributed by atoms with van der Waals surface area (Å²) in [5, 5.41) is 9.49. The molecule has 3 fully saturated rings. The van der Waals surface area contributed by atoms with E-state index in [9.17, 15) is 14.9 Å². The topological polar surface area (TPSA) is 101 Å². The number of likely N-dealkylation sites (tertiary alicyclic amines) is 1. The summed E-state index contributed by atoms with van der Waals surface area (Å²) in [6.07, 6.45) is 9.45. The van der Waals surface area contributed by atoms with Crippen molar-refractivity contribution in [3.63, 3.8) is 0 Å². The minimum atomic E-state index is -0.636. The number of esters is 2. The number of piperidine rings is 1. The highest BCUT2D eigenvalue weighted by Crippen LogP contribution is 2.52. The van der Waals surface area contributed by atoms with E-state index in [2.05, 4.69) is 44.6 Å². The Bertz CT molecular complexity index is 1760. The predicted molar refractivity (Wildman–Crippen MR) is 198 cm³/mol. The molecular weight excluding hydrogens is 657 g/mol. The molecule has 2 aliphatic heterocycles. The maximum absolute atomic E-state index is 15.2. The lowest BCUT2D eigenvalue weighted by molar-refractivity contribution is -0.152. The van der Waals surface area contributed by atoms with Gasteiger partial charge >= 0.3 is 11.9 Å². The third-order valence-electron chi connectivity index (χ3n) is 11.5. The molecule has 1 aliphatic carbocycles. The number of ether oxygens (including phenoxy) is 2. The zero-order valence-corrected chi connectivity index (χ0v) is 31.4. The number of aryl methyl sites for hydroxylation is 1. The predicted octanol–water partition coefficient (Wildman–Crippen LogP) is 7.32. The standard InChI is InChI=1S/C42H54FN5O4/c1-6-38-45-18-21-47(38)28-42(32-10-8-11-33(43)23-32,35-12-9-13-37(35)51-39(49)7-2)31-16-19-46(20-17-31)25-30-26-48(27-30)36-15-14-29(24-44)22-34(36)40(50)52-41(3,4)5/h8,10-11,14-15,18,21-23,30-31,35,37H,6-7,9,12-13,16-17,19-20,25-28H2,1-5H3/t35-,37-,42-/m0/s1. The lowest BCUT2D eigenvalue weighted by atomic mass is 9.58. The monoisotopic (exact) mass is 711 g/mol. The fourth-order valence-corrected chi connectivity index (χ4v) is 9.11. The van der Waals surface area contributed by atoms with Gasteiger partial charge in [-0.05, 0) is 108 Å². The van der Waals surface area contributed by atoms with Crippen molar-refractivity contribution in [1.82, 2.24) is 14.5 Å². The van der Waals surface area contributed by atoms with E-state index in [4.69, 9.17) is 9.47 Å². The van der Waals surface area contributed by atoms with Gasteiger partial charge in [0, 0.05) is 68.7 Å². The normalized spacial score (nSPS) is 21.3. The summed E-state index contributed by atoms with van der Waals surface area (Å²) in [7, 11) is 0. The van der Waals surface area contributed by atoms with Gasteiger partial charge in [-0.2, -0.15) is 5.26 Å². The molecule has 6 rings (SSSR count). The van der Waals surface area contributed by atoms with Crippen LogP contribution >= 0.6 is 0 Å². The first-order valence-electron chi connectivity index (χ1n) is 19.1. The lowest BCUT2D eigenvalue weighted by Gasteiger charge is -2.51. The summed E-state index contributed by atoms with van der Waals surface area (Å²) in [4.78, 5) is 35.3.